The van der Waals surface area contributed by atoms with Gasteiger partial charge in [-0.05, 0) is 23.8 Å². The second-order valence-electron chi connectivity index (χ2n) is 7.80. The Bertz CT molecular complexity index is 1210. The Morgan fingerprint density at radius 1 is 0.903 bits per heavy atom. The molecule has 5 nitrogen and oxygen atoms in total. The third-order valence-electron chi connectivity index (χ3n) is 5.46. The van der Waals surface area contributed by atoms with Gasteiger partial charge in [0, 0.05) is 29.1 Å². The molecule has 0 fully saturated rings. The van der Waals surface area contributed by atoms with Crippen LogP contribution in [0.25, 0.3) is 22.2 Å². The molecule has 0 saturated carbocycles. The van der Waals surface area contributed by atoms with Crippen molar-refractivity contribution >= 4 is 22.6 Å². The predicted molar refractivity (Wildman–Crippen MR) is 123 cm³/mol. The number of Topliss-reactive ketones (excluding diaryl/α,β-unsaturated/α-hetero) is 1. The zero-order valence-corrected chi connectivity index (χ0v) is 17.7. The number of H-pyrrole nitrogens is 1. The summed E-state index contributed by atoms with van der Waals surface area (Å²) in [4.78, 5) is 29.6. The summed E-state index contributed by atoms with van der Waals surface area (Å²) in [5.41, 5.74) is 5.30. The first kappa shape index (κ1) is 20.6. The monoisotopic (exact) mass is 412 g/mol. The van der Waals surface area contributed by atoms with Crippen LogP contribution >= 0.6 is 0 Å². The van der Waals surface area contributed by atoms with Crippen LogP contribution in [-0.4, -0.2) is 37.3 Å². The summed E-state index contributed by atoms with van der Waals surface area (Å²) in [7, 11) is 3.63. The van der Waals surface area contributed by atoms with Crippen LogP contribution in [0.2, 0.25) is 0 Å². The molecule has 0 radical (unpaired) electrons. The Labute approximate surface area is 181 Å². The van der Waals surface area contributed by atoms with Crippen molar-refractivity contribution in [1.82, 2.24) is 10.3 Å². The van der Waals surface area contributed by atoms with Crippen molar-refractivity contribution in [2.24, 2.45) is 0 Å². The molecule has 0 bridgehead atoms. The van der Waals surface area contributed by atoms with Gasteiger partial charge in [-0.3, -0.25) is 9.59 Å². The van der Waals surface area contributed by atoms with E-state index in [4.69, 9.17) is 0 Å². The van der Waals surface area contributed by atoms with Crippen molar-refractivity contribution in [2.45, 2.75) is 6.54 Å². The fraction of sp³-hybridized carbons (Fsp3) is 0.154. The lowest BCUT2D eigenvalue weighted by Crippen LogP contribution is -3.08. The van der Waals surface area contributed by atoms with Crippen LogP contribution in [-0.2, 0) is 6.54 Å². The molecule has 4 rings (SSSR count). The van der Waals surface area contributed by atoms with Crippen LogP contribution in [0.4, 0.5) is 0 Å². The minimum Gasteiger partial charge on any atom is -0.355 e. The minimum atomic E-state index is -0.102. The number of aromatic amines is 1. The maximum atomic E-state index is 13.4. The summed E-state index contributed by atoms with van der Waals surface area (Å²) in [5.74, 6) is 0.00555. The highest BCUT2D eigenvalue weighted by Gasteiger charge is 2.22. The molecule has 0 aliphatic rings. The van der Waals surface area contributed by atoms with Crippen LogP contribution in [0.1, 0.15) is 26.3 Å². The molecule has 3 N–H and O–H groups in total. The lowest BCUT2D eigenvalue weighted by Gasteiger charge is -2.14. The number of amides is 1. The van der Waals surface area contributed by atoms with Crippen LogP contribution in [0.3, 0.4) is 0 Å². The molecular formula is C26H26N3O2+. The number of carbonyl (C=O) groups is 2. The van der Waals surface area contributed by atoms with E-state index in [1.807, 2.05) is 85.9 Å². The van der Waals surface area contributed by atoms with Gasteiger partial charge >= 0.3 is 0 Å². The number of likely N-dealkylation sites (N-methyl/N-ethyl adjacent to an activating group) is 1. The number of para-hydroxylation sites is 1. The highest BCUT2D eigenvalue weighted by molar-refractivity contribution is 6.13. The van der Waals surface area contributed by atoms with Gasteiger partial charge in [-0.15, -0.1) is 0 Å². The van der Waals surface area contributed by atoms with E-state index in [1.165, 1.54) is 0 Å². The second kappa shape index (κ2) is 8.98. The first-order valence-corrected chi connectivity index (χ1v) is 10.4. The van der Waals surface area contributed by atoms with Gasteiger partial charge in [0.1, 0.15) is 13.1 Å². The number of carbonyl (C=O) groups excluding carboxylic acids is 2. The van der Waals surface area contributed by atoms with Gasteiger partial charge in [0.25, 0.3) is 5.91 Å². The van der Waals surface area contributed by atoms with Crippen molar-refractivity contribution in [3.05, 3.63) is 95.6 Å². The van der Waals surface area contributed by atoms with Crippen molar-refractivity contribution in [2.75, 3.05) is 20.6 Å². The predicted octanol–water partition coefficient (Wildman–Crippen LogP) is 3.09. The number of hydrogen-bond donors (Lipinski definition) is 3. The van der Waals surface area contributed by atoms with Crippen LogP contribution in [0.15, 0.2) is 78.9 Å². The number of aromatic nitrogens is 1. The molecular weight excluding hydrogens is 386 g/mol. The molecule has 31 heavy (non-hydrogen) atoms. The average molecular weight is 413 g/mol. The summed E-state index contributed by atoms with van der Waals surface area (Å²) >= 11 is 0. The topological polar surface area (TPSA) is 66.4 Å². The fourth-order valence-electron chi connectivity index (χ4n) is 3.94. The Hall–Kier alpha value is -3.70. The molecule has 1 unspecified atom stereocenters. The number of quaternary nitrogens is 1. The first-order chi connectivity index (χ1) is 15.1. The molecule has 0 aliphatic carbocycles. The summed E-state index contributed by atoms with van der Waals surface area (Å²) < 4.78 is 0. The highest BCUT2D eigenvalue weighted by Crippen LogP contribution is 2.30. The van der Waals surface area contributed by atoms with Crippen molar-refractivity contribution in [3.63, 3.8) is 0 Å². The highest BCUT2D eigenvalue weighted by atomic mass is 16.1. The zero-order valence-electron chi connectivity index (χ0n) is 17.7. The van der Waals surface area contributed by atoms with Crippen LogP contribution in [0, 0.1) is 0 Å². The molecule has 156 valence electrons. The van der Waals surface area contributed by atoms with Crippen molar-refractivity contribution in [3.8, 4) is 11.3 Å². The molecule has 0 aliphatic heterocycles. The van der Waals surface area contributed by atoms with Gasteiger partial charge in [0.2, 0.25) is 5.78 Å². The first-order valence-electron chi connectivity index (χ1n) is 10.4. The third kappa shape index (κ3) is 4.42. The molecule has 1 heterocycles. The lowest BCUT2D eigenvalue weighted by molar-refractivity contribution is -0.884. The summed E-state index contributed by atoms with van der Waals surface area (Å²) in [6, 6.07) is 25.4. The summed E-state index contributed by atoms with van der Waals surface area (Å²) in [5, 5.41) is 3.58. The zero-order chi connectivity index (χ0) is 21.8. The SMILES string of the molecule is CNC(=O)c1ccc(C[NH+](C)CC(=O)c2c(-c3ccccc3)[nH]c3ccccc23)cc1. The van der Waals surface area contributed by atoms with E-state index in [1.54, 1.807) is 7.05 Å². The molecule has 1 amide bonds. The van der Waals surface area contributed by atoms with Crippen LogP contribution in [0.5, 0.6) is 0 Å². The smallest absolute Gasteiger partial charge is 0.251 e. The number of rotatable bonds is 7. The molecule has 5 heteroatoms. The normalized spacial score (nSPS) is 11.9. The number of ketones is 1. The molecule has 0 spiro atoms. The number of fused-ring (bicyclic) bond motifs is 1. The molecule has 1 atom stereocenters. The van der Waals surface area contributed by atoms with E-state index >= 15 is 0 Å². The van der Waals surface area contributed by atoms with Crippen molar-refractivity contribution < 1.29 is 14.5 Å². The van der Waals surface area contributed by atoms with E-state index in [0.29, 0.717) is 18.7 Å². The van der Waals surface area contributed by atoms with Gasteiger partial charge in [-0.1, -0.05) is 60.7 Å². The lowest BCUT2D eigenvalue weighted by atomic mass is 10.0. The summed E-state index contributed by atoms with van der Waals surface area (Å²) in [6.45, 7) is 1.07. The Morgan fingerprint density at radius 2 is 1.58 bits per heavy atom. The van der Waals surface area contributed by atoms with Crippen LogP contribution < -0.4 is 10.2 Å². The minimum absolute atomic E-state index is 0.102. The fourth-order valence-corrected chi connectivity index (χ4v) is 3.94. The maximum Gasteiger partial charge on any atom is 0.251 e. The van der Waals surface area contributed by atoms with E-state index in [-0.39, 0.29) is 11.7 Å². The number of benzene rings is 3. The average Bonchev–Trinajstić information content (AvgIpc) is 3.19. The number of nitrogens with one attached hydrogen (secondary N) is 3. The van der Waals surface area contributed by atoms with Gasteiger partial charge in [0.05, 0.1) is 18.3 Å². The Kier molecular flexibility index (Phi) is 5.96. The van der Waals surface area contributed by atoms with Gasteiger partial charge < -0.3 is 15.2 Å². The third-order valence-corrected chi connectivity index (χ3v) is 5.46. The second-order valence-corrected chi connectivity index (χ2v) is 7.80. The molecule has 4 aromatic rings. The van der Waals surface area contributed by atoms with Crippen molar-refractivity contribution in [1.29, 1.82) is 0 Å². The van der Waals surface area contributed by atoms with Gasteiger partial charge in [-0.25, -0.2) is 0 Å². The van der Waals surface area contributed by atoms with Gasteiger partial charge in [0.15, 0.2) is 0 Å². The molecule has 0 saturated heterocycles. The summed E-state index contributed by atoms with van der Waals surface area (Å²) in [6.07, 6.45) is 0. The quantitative estimate of drug-likeness (QED) is 0.409. The van der Waals surface area contributed by atoms with E-state index in [0.717, 1.165) is 38.2 Å². The maximum absolute atomic E-state index is 13.4. The molecule has 3 aromatic carbocycles. The number of hydrogen-bond acceptors (Lipinski definition) is 2. The van der Waals surface area contributed by atoms with Gasteiger partial charge in [-0.2, -0.15) is 0 Å². The standard InChI is InChI=1S/C26H25N3O2/c1-27-26(31)20-14-12-18(13-15-20)16-29(2)17-23(30)24-21-10-6-7-11-22(21)28-25(24)19-8-4-3-5-9-19/h3-15,28H,16-17H2,1-2H3,(H,27,31)/p+1. The molecule has 1 aromatic heterocycles. The van der Waals surface area contributed by atoms with E-state index < -0.39 is 0 Å². The van der Waals surface area contributed by atoms with E-state index in [9.17, 15) is 9.59 Å². The van der Waals surface area contributed by atoms with E-state index in [2.05, 4.69) is 10.3 Å². The Morgan fingerprint density at radius 3 is 2.29 bits per heavy atom. The largest absolute Gasteiger partial charge is 0.355 e. The Balaban J connectivity index is 1.56.